The van der Waals surface area contributed by atoms with Crippen LogP contribution in [0.2, 0.25) is 0 Å². The van der Waals surface area contributed by atoms with Crippen molar-refractivity contribution in [1.29, 1.82) is 0 Å². The largest absolute Gasteiger partial charge is 0.463 e. The van der Waals surface area contributed by atoms with E-state index in [0.717, 1.165) is 29.8 Å². The Hall–Kier alpha value is -2.56. The Bertz CT molecular complexity index is 846. The Kier molecular flexibility index (Phi) is 3.84. The molecule has 0 bridgehead atoms. The summed E-state index contributed by atoms with van der Waals surface area (Å²) in [5.74, 6) is 0.750. The molecule has 1 aliphatic carbocycles. The molecule has 0 saturated heterocycles. The lowest BCUT2D eigenvalue weighted by Gasteiger charge is -2.18. The van der Waals surface area contributed by atoms with Crippen LogP contribution in [0.15, 0.2) is 47.3 Å². The molecule has 124 valence electrons. The average Bonchev–Trinajstić information content (AvgIpc) is 3.20. The summed E-state index contributed by atoms with van der Waals surface area (Å²) in [5, 5.41) is 0. The van der Waals surface area contributed by atoms with Crippen LogP contribution in [0.4, 0.5) is 0 Å². The van der Waals surface area contributed by atoms with Crippen LogP contribution in [-0.4, -0.2) is 34.0 Å². The van der Waals surface area contributed by atoms with Gasteiger partial charge in [0.05, 0.1) is 11.8 Å². The van der Waals surface area contributed by atoms with Crippen LogP contribution >= 0.6 is 0 Å². The highest BCUT2D eigenvalue weighted by molar-refractivity contribution is 5.97. The summed E-state index contributed by atoms with van der Waals surface area (Å²) >= 11 is 0. The SMILES string of the molecule is CN(CCc1ccncc1)C(=O)c1cc2occc2n1CC1CC1. The molecule has 1 saturated carbocycles. The maximum absolute atomic E-state index is 12.9. The van der Waals surface area contributed by atoms with Crippen LogP contribution in [0.25, 0.3) is 11.1 Å². The molecule has 5 heteroatoms. The van der Waals surface area contributed by atoms with Crippen molar-refractivity contribution < 1.29 is 9.21 Å². The Morgan fingerprint density at radius 1 is 1.33 bits per heavy atom. The van der Waals surface area contributed by atoms with Crippen LogP contribution in [-0.2, 0) is 13.0 Å². The van der Waals surface area contributed by atoms with Crippen molar-refractivity contribution in [3.63, 3.8) is 0 Å². The van der Waals surface area contributed by atoms with E-state index in [0.29, 0.717) is 12.5 Å². The third-order valence-corrected chi connectivity index (χ3v) is 4.71. The van der Waals surface area contributed by atoms with Crippen molar-refractivity contribution in [2.75, 3.05) is 13.6 Å². The average molecular weight is 323 g/mol. The predicted molar refractivity (Wildman–Crippen MR) is 91.8 cm³/mol. The number of fused-ring (bicyclic) bond motifs is 1. The molecule has 0 N–H and O–H groups in total. The minimum Gasteiger partial charge on any atom is -0.463 e. The van der Waals surface area contributed by atoms with E-state index in [1.165, 1.54) is 18.4 Å². The first kappa shape index (κ1) is 15.0. The van der Waals surface area contributed by atoms with E-state index in [1.807, 2.05) is 31.3 Å². The Morgan fingerprint density at radius 3 is 2.88 bits per heavy atom. The van der Waals surface area contributed by atoms with E-state index in [-0.39, 0.29) is 5.91 Å². The third-order valence-electron chi connectivity index (χ3n) is 4.71. The highest BCUT2D eigenvalue weighted by Gasteiger charge is 2.27. The number of nitrogens with zero attached hydrogens (tertiary/aromatic N) is 3. The second-order valence-corrected chi connectivity index (χ2v) is 6.59. The second kappa shape index (κ2) is 6.15. The van der Waals surface area contributed by atoms with Gasteiger partial charge in [0.1, 0.15) is 5.69 Å². The molecule has 24 heavy (non-hydrogen) atoms. The minimum atomic E-state index is 0.0520. The summed E-state index contributed by atoms with van der Waals surface area (Å²) in [6, 6.07) is 7.80. The number of carbonyl (C=O) groups excluding carboxylic acids is 1. The normalized spacial score (nSPS) is 14.2. The number of aromatic nitrogens is 2. The van der Waals surface area contributed by atoms with E-state index in [9.17, 15) is 4.79 Å². The van der Waals surface area contributed by atoms with E-state index >= 15 is 0 Å². The quantitative estimate of drug-likeness (QED) is 0.699. The van der Waals surface area contributed by atoms with E-state index in [2.05, 4.69) is 9.55 Å². The van der Waals surface area contributed by atoms with Crippen LogP contribution in [0.5, 0.6) is 0 Å². The number of carbonyl (C=O) groups is 1. The van der Waals surface area contributed by atoms with Crippen molar-refractivity contribution in [2.45, 2.75) is 25.8 Å². The molecule has 3 heterocycles. The van der Waals surface area contributed by atoms with E-state index in [1.54, 1.807) is 23.6 Å². The molecule has 4 rings (SSSR count). The number of rotatable bonds is 6. The molecule has 0 unspecified atom stereocenters. The minimum absolute atomic E-state index is 0.0520. The Morgan fingerprint density at radius 2 is 2.12 bits per heavy atom. The summed E-state index contributed by atoms with van der Waals surface area (Å²) in [6.45, 7) is 1.58. The van der Waals surface area contributed by atoms with Gasteiger partial charge in [-0.05, 0) is 42.9 Å². The fourth-order valence-electron chi connectivity index (χ4n) is 3.05. The van der Waals surface area contributed by atoms with Gasteiger partial charge in [0, 0.05) is 44.7 Å². The molecular weight excluding hydrogens is 302 g/mol. The molecule has 5 nitrogen and oxygen atoms in total. The smallest absolute Gasteiger partial charge is 0.270 e. The first-order valence-corrected chi connectivity index (χ1v) is 8.43. The van der Waals surface area contributed by atoms with Gasteiger partial charge in [0.2, 0.25) is 0 Å². The highest BCUT2D eigenvalue weighted by atomic mass is 16.3. The number of amides is 1. The molecule has 1 amide bonds. The first-order valence-electron chi connectivity index (χ1n) is 8.43. The summed E-state index contributed by atoms with van der Waals surface area (Å²) in [5.41, 5.74) is 3.73. The third kappa shape index (κ3) is 2.94. The van der Waals surface area contributed by atoms with Crippen LogP contribution in [0, 0.1) is 5.92 Å². The summed E-state index contributed by atoms with van der Waals surface area (Å²) in [4.78, 5) is 18.7. The van der Waals surface area contributed by atoms with Gasteiger partial charge in [0.15, 0.2) is 5.58 Å². The molecular formula is C19H21N3O2. The van der Waals surface area contributed by atoms with Gasteiger partial charge in [-0.3, -0.25) is 9.78 Å². The van der Waals surface area contributed by atoms with Gasteiger partial charge in [0.25, 0.3) is 5.91 Å². The molecule has 0 aromatic carbocycles. The van der Waals surface area contributed by atoms with Crippen molar-refractivity contribution in [3.8, 4) is 0 Å². The molecule has 1 aliphatic rings. The fraction of sp³-hybridized carbons (Fsp3) is 0.368. The predicted octanol–water partition coefficient (Wildman–Crippen LogP) is 3.35. The first-order chi connectivity index (χ1) is 11.7. The molecule has 0 aliphatic heterocycles. The van der Waals surface area contributed by atoms with Gasteiger partial charge in [-0.2, -0.15) is 0 Å². The topological polar surface area (TPSA) is 51.3 Å². The number of hydrogen-bond donors (Lipinski definition) is 0. The highest BCUT2D eigenvalue weighted by Crippen LogP contribution is 2.33. The summed E-state index contributed by atoms with van der Waals surface area (Å²) in [7, 11) is 1.86. The maximum atomic E-state index is 12.9. The molecule has 3 aromatic heterocycles. The zero-order valence-electron chi connectivity index (χ0n) is 13.8. The fourth-order valence-corrected chi connectivity index (χ4v) is 3.05. The van der Waals surface area contributed by atoms with Crippen molar-refractivity contribution in [2.24, 2.45) is 5.92 Å². The summed E-state index contributed by atoms with van der Waals surface area (Å²) in [6.07, 6.45) is 8.59. The molecule has 1 fully saturated rings. The van der Waals surface area contributed by atoms with Gasteiger partial charge in [-0.25, -0.2) is 0 Å². The van der Waals surface area contributed by atoms with Crippen molar-refractivity contribution in [1.82, 2.24) is 14.5 Å². The zero-order chi connectivity index (χ0) is 16.5. The number of hydrogen-bond acceptors (Lipinski definition) is 3. The molecule has 0 atom stereocenters. The van der Waals surface area contributed by atoms with Gasteiger partial charge in [-0.1, -0.05) is 0 Å². The van der Waals surface area contributed by atoms with E-state index in [4.69, 9.17) is 4.42 Å². The summed E-state index contributed by atoms with van der Waals surface area (Å²) < 4.78 is 7.63. The molecule has 0 spiro atoms. The van der Waals surface area contributed by atoms with Gasteiger partial charge >= 0.3 is 0 Å². The Labute approximate surface area is 140 Å². The number of pyridine rings is 1. The van der Waals surface area contributed by atoms with Gasteiger partial charge < -0.3 is 13.9 Å². The Balaban J connectivity index is 1.52. The molecule has 0 radical (unpaired) electrons. The number of likely N-dealkylation sites (N-methyl/N-ethyl adjacent to an activating group) is 1. The van der Waals surface area contributed by atoms with Crippen molar-refractivity contribution in [3.05, 3.63) is 54.2 Å². The standard InChI is InChI=1S/C19H21N3O2/c1-21(10-6-14-4-8-20-9-5-14)19(23)17-12-18-16(7-11-24-18)22(17)13-15-2-3-15/h4-5,7-9,11-12,15H,2-3,6,10,13H2,1H3. The lowest BCUT2D eigenvalue weighted by Crippen LogP contribution is -2.30. The zero-order valence-corrected chi connectivity index (χ0v) is 13.8. The second-order valence-electron chi connectivity index (χ2n) is 6.59. The monoisotopic (exact) mass is 323 g/mol. The molecule has 3 aromatic rings. The van der Waals surface area contributed by atoms with Gasteiger partial charge in [-0.15, -0.1) is 0 Å². The van der Waals surface area contributed by atoms with Crippen LogP contribution in [0.1, 0.15) is 28.9 Å². The van der Waals surface area contributed by atoms with E-state index < -0.39 is 0 Å². The maximum Gasteiger partial charge on any atom is 0.270 e. The van der Waals surface area contributed by atoms with Crippen LogP contribution in [0.3, 0.4) is 0 Å². The lowest BCUT2D eigenvalue weighted by atomic mass is 10.2. The van der Waals surface area contributed by atoms with Crippen LogP contribution < -0.4 is 0 Å². The lowest BCUT2D eigenvalue weighted by molar-refractivity contribution is 0.0786. The number of furan rings is 1. The van der Waals surface area contributed by atoms with Crippen molar-refractivity contribution >= 4 is 17.0 Å².